The van der Waals surface area contributed by atoms with Crippen molar-refractivity contribution in [2.24, 2.45) is 10.9 Å². The molecule has 1 aromatic carbocycles. The standard InChI is InChI=1S/C18H26F2N4O.HI/c1-21-17(25)11-13-4-7-24(8-5-13)18(22-2)23-6-3-14-9-15(19)12-16(20)10-14;/h9-10,12-13H,3-8,11H2,1-2H3,(H,21,25)(H,22,23);1H. The average Bonchev–Trinajstić information content (AvgIpc) is 2.59. The molecule has 1 saturated heterocycles. The third-order valence-electron chi connectivity index (χ3n) is 4.50. The second-order valence-electron chi connectivity index (χ2n) is 6.31. The summed E-state index contributed by atoms with van der Waals surface area (Å²) < 4.78 is 26.4. The average molecular weight is 480 g/mol. The van der Waals surface area contributed by atoms with E-state index in [1.165, 1.54) is 12.1 Å². The van der Waals surface area contributed by atoms with E-state index in [0.29, 0.717) is 30.9 Å². The lowest BCUT2D eigenvalue weighted by Gasteiger charge is -2.34. The van der Waals surface area contributed by atoms with Crippen LogP contribution in [0.25, 0.3) is 0 Å². The maximum atomic E-state index is 13.2. The van der Waals surface area contributed by atoms with Gasteiger partial charge in [-0.3, -0.25) is 9.79 Å². The van der Waals surface area contributed by atoms with Crippen molar-refractivity contribution in [2.45, 2.75) is 25.7 Å². The molecule has 8 heteroatoms. The smallest absolute Gasteiger partial charge is 0.220 e. The number of carbonyl (C=O) groups excluding carboxylic acids is 1. The van der Waals surface area contributed by atoms with Gasteiger partial charge in [-0.25, -0.2) is 8.78 Å². The predicted octanol–water partition coefficient (Wildman–Crippen LogP) is 2.55. The predicted molar refractivity (Wildman–Crippen MR) is 110 cm³/mol. The van der Waals surface area contributed by atoms with Gasteiger partial charge in [0.25, 0.3) is 0 Å². The van der Waals surface area contributed by atoms with E-state index in [4.69, 9.17) is 0 Å². The van der Waals surface area contributed by atoms with Crippen LogP contribution in [0, 0.1) is 17.6 Å². The molecule has 1 aliphatic heterocycles. The van der Waals surface area contributed by atoms with Crippen molar-refractivity contribution in [3.05, 3.63) is 35.4 Å². The molecule has 0 aliphatic carbocycles. The quantitative estimate of drug-likeness (QED) is 0.387. The Kier molecular flexibility index (Phi) is 9.82. The minimum atomic E-state index is -0.558. The van der Waals surface area contributed by atoms with Crippen LogP contribution < -0.4 is 10.6 Å². The summed E-state index contributed by atoms with van der Waals surface area (Å²) in [4.78, 5) is 17.9. The first kappa shape index (κ1) is 22.6. The van der Waals surface area contributed by atoms with E-state index >= 15 is 0 Å². The van der Waals surface area contributed by atoms with Gasteiger partial charge in [0.2, 0.25) is 5.91 Å². The normalized spacial score (nSPS) is 15.4. The highest BCUT2D eigenvalue weighted by Crippen LogP contribution is 2.20. The first-order valence-corrected chi connectivity index (χ1v) is 8.63. The zero-order valence-electron chi connectivity index (χ0n) is 15.2. The maximum absolute atomic E-state index is 13.2. The van der Waals surface area contributed by atoms with Gasteiger partial charge in [-0.15, -0.1) is 24.0 Å². The van der Waals surface area contributed by atoms with Gasteiger partial charge in [0, 0.05) is 46.2 Å². The van der Waals surface area contributed by atoms with Crippen molar-refractivity contribution in [1.82, 2.24) is 15.5 Å². The Morgan fingerprint density at radius 1 is 1.23 bits per heavy atom. The van der Waals surface area contributed by atoms with Crippen molar-refractivity contribution >= 4 is 35.8 Å². The molecular weight excluding hydrogens is 453 g/mol. The summed E-state index contributed by atoms with van der Waals surface area (Å²) in [7, 11) is 3.38. The topological polar surface area (TPSA) is 56.7 Å². The van der Waals surface area contributed by atoms with Crippen molar-refractivity contribution in [1.29, 1.82) is 0 Å². The van der Waals surface area contributed by atoms with E-state index in [0.717, 1.165) is 38.0 Å². The highest BCUT2D eigenvalue weighted by Gasteiger charge is 2.22. The Hall–Kier alpha value is -1.45. The molecule has 2 rings (SSSR count). The fraction of sp³-hybridized carbons (Fsp3) is 0.556. The van der Waals surface area contributed by atoms with Crippen LogP contribution in [0.1, 0.15) is 24.8 Å². The van der Waals surface area contributed by atoms with Crippen molar-refractivity contribution < 1.29 is 13.6 Å². The minimum Gasteiger partial charge on any atom is -0.359 e. The fourth-order valence-electron chi connectivity index (χ4n) is 3.12. The summed E-state index contributed by atoms with van der Waals surface area (Å²) in [5.74, 6) is 0.165. The summed E-state index contributed by atoms with van der Waals surface area (Å²) in [5, 5.41) is 5.91. The van der Waals surface area contributed by atoms with Crippen molar-refractivity contribution in [2.75, 3.05) is 33.7 Å². The van der Waals surface area contributed by atoms with Crippen LogP contribution >= 0.6 is 24.0 Å². The highest BCUT2D eigenvalue weighted by atomic mass is 127. The van der Waals surface area contributed by atoms with Gasteiger partial charge in [0.1, 0.15) is 11.6 Å². The first-order chi connectivity index (χ1) is 12.0. The maximum Gasteiger partial charge on any atom is 0.220 e. The zero-order valence-corrected chi connectivity index (χ0v) is 17.6. The molecule has 26 heavy (non-hydrogen) atoms. The van der Waals surface area contributed by atoms with Gasteiger partial charge in [-0.05, 0) is 42.9 Å². The Morgan fingerprint density at radius 2 is 1.85 bits per heavy atom. The molecule has 0 unspecified atom stereocenters. The summed E-state index contributed by atoms with van der Waals surface area (Å²) in [5.41, 5.74) is 0.615. The number of nitrogens with one attached hydrogen (secondary N) is 2. The summed E-state index contributed by atoms with van der Waals surface area (Å²) in [6.45, 7) is 2.24. The number of guanidine groups is 1. The molecule has 1 amide bonds. The number of hydrogen-bond acceptors (Lipinski definition) is 2. The van der Waals surface area contributed by atoms with Crippen LogP contribution in [-0.4, -0.2) is 50.5 Å². The lowest BCUT2D eigenvalue weighted by Crippen LogP contribution is -2.46. The number of likely N-dealkylation sites (tertiary alicyclic amines) is 1. The number of halogens is 3. The monoisotopic (exact) mass is 480 g/mol. The van der Waals surface area contributed by atoms with Crippen LogP contribution in [0.4, 0.5) is 8.78 Å². The van der Waals surface area contributed by atoms with Crippen LogP contribution in [0.5, 0.6) is 0 Å². The van der Waals surface area contributed by atoms with Gasteiger partial charge in [-0.1, -0.05) is 0 Å². The van der Waals surface area contributed by atoms with Gasteiger partial charge in [0.05, 0.1) is 0 Å². The Morgan fingerprint density at radius 3 is 2.38 bits per heavy atom. The molecule has 0 saturated carbocycles. The second-order valence-corrected chi connectivity index (χ2v) is 6.31. The van der Waals surface area contributed by atoms with Crippen LogP contribution in [0.15, 0.2) is 23.2 Å². The molecule has 2 N–H and O–H groups in total. The molecule has 1 aromatic rings. The summed E-state index contributed by atoms with van der Waals surface area (Å²) >= 11 is 0. The largest absolute Gasteiger partial charge is 0.359 e. The number of piperidine rings is 1. The lowest BCUT2D eigenvalue weighted by molar-refractivity contribution is -0.121. The summed E-state index contributed by atoms with van der Waals surface area (Å²) in [6, 6.07) is 3.56. The van der Waals surface area contributed by atoms with E-state index in [2.05, 4.69) is 20.5 Å². The van der Waals surface area contributed by atoms with E-state index < -0.39 is 11.6 Å². The fourth-order valence-corrected chi connectivity index (χ4v) is 3.12. The number of nitrogens with zero attached hydrogens (tertiary/aromatic N) is 2. The van der Waals surface area contributed by atoms with Gasteiger partial charge >= 0.3 is 0 Å². The molecule has 0 bridgehead atoms. The van der Waals surface area contributed by atoms with E-state index in [9.17, 15) is 13.6 Å². The Balaban J connectivity index is 0.00000338. The number of hydrogen-bond donors (Lipinski definition) is 2. The number of carbonyl (C=O) groups is 1. The molecule has 1 fully saturated rings. The second kappa shape index (κ2) is 11.3. The number of amides is 1. The summed E-state index contributed by atoms with van der Waals surface area (Å²) in [6.07, 6.45) is 2.98. The van der Waals surface area contributed by atoms with Gasteiger partial charge in [0.15, 0.2) is 5.96 Å². The number of benzene rings is 1. The molecule has 1 aliphatic rings. The Labute approximate surface area is 170 Å². The molecule has 0 atom stereocenters. The van der Waals surface area contributed by atoms with E-state index in [1.807, 2.05) is 0 Å². The highest BCUT2D eigenvalue weighted by molar-refractivity contribution is 14.0. The molecule has 0 radical (unpaired) electrons. The first-order valence-electron chi connectivity index (χ1n) is 8.63. The SMILES string of the molecule is CN=C(NCCc1cc(F)cc(F)c1)N1CCC(CC(=O)NC)CC1.I. The van der Waals surface area contributed by atoms with Crippen LogP contribution in [0.2, 0.25) is 0 Å². The molecule has 146 valence electrons. The third kappa shape index (κ3) is 7.05. The lowest BCUT2D eigenvalue weighted by atomic mass is 9.93. The van der Waals surface area contributed by atoms with Crippen LogP contribution in [-0.2, 0) is 11.2 Å². The van der Waals surface area contributed by atoms with E-state index in [1.54, 1.807) is 14.1 Å². The molecular formula is C18H27F2IN4O. The van der Waals surface area contributed by atoms with Gasteiger partial charge < -0.3 is 15.5 Å². The Bertz CT molecular complexity index is 599. The van der Waals surface area contributed by atoms with Crippen LogP contribution in [0.3, 0.4) is 0 Å². The van der Waals surface area contributed by atoms with Crippen molar-refractivity contribution in [3.63, 3.8) is 0 Å². The number of rotatable bonds is 5. The van der Waals surface area contributed by atoms with Gasteiger partial charge in [-0.2, -0.15) is 0 Å². The molecule has 1 heterocycles. The van der Waals surface area contributed by atoms with E-state index in [-0.39, 0.29) is 29.9 Å². The zero-order chi connectivity index (χ0) is 18.2. The van der Waals surface area contributed by atoms with Crippen molar-refractivity contribution in [3.8, 4) is 0 Å². The third-order valence-corrected chi connectivity index (χ3v) is 4.50. The molecule has 0 spiro atoms. The number of aliphatic imine (C=N–C) groups is 1. The molecule has 0 aromatic heterocycles. The molecule has 5 nitrogen and oxygen atoms in total. The minimum absolute atomic E-state index is 0.